The first-order valence-corrected chi connectivity index (χ1v) is 10.5. The zero-order valence-corrected chi connectivity index (χ0v) is 18.9. The Morgan fingerprint density at radius 2 is 1.90 bits per heavy atom. The Bertz CT molecular complexity index is 902. The minimum absolute atomic E-state index is 0.0746. The summed E-state index contributed by atoms with van der Waals surface area (Å²) in [4.78, 5) is 24.8. The van der Waals surface area contributed by atoms with E-state index < -0.39 is 5.91 Å². The van der Waals surface area contributed by atoms with Crippen LogP contribution in [0.5, 0.6) is 5.75 Å². The van der Waals surface area contributed by atoms with Crippen LogP contribution in [0.2, 0.25) is 0 Å². The van der Waals surface area contributed by atoms with Gasteiger partial charge in [0.15, 0.2) is 5.11 Å². The van der Waals surface area contributed by atoms with Gasteiger partial charge in [-0.15, -0.1) is 0 Å². The van der Waals surface area contributed by atoms with E-state index in [9.17, 15) is 9.59 Å². The molecule has 2 rings (SSSR count). The number of nitrogens with one attached hydrogen (secondary N) is 3. The fraction of sp³-hybridized carbons (Fsp3) is 0.286. The summed E-state index contributed by atoms with van der Waals surface area (Å²) in [7, 11) is 0. The van der Waals surface area contributed by atoms with Gasteiger partial charge in [-0.05, 0) is 68.9 Å². The molecule has 29 heavy (non-hydrogen) atoms. The average molecular weight is 478 g/mol. The van der Waals surface area contributed by atoms with Gasteiger partial charge in [0.05, 0.1) is 11.7 Å². The van der Waals surface area contributed by atoms with Crippen LogP contribution in [-0.2, 0) is 0 Å². The number of carbonyl (C=O) groups excluding carboxylic acids is 2. The van der Waals surface area contributed by atoms with Gasteiger partial charge < -0.3 is 15.4 Å². The van der Waals surface area contributed by atoms with E-state index in [4.69, 9.17) is 17.0 Å². The van der Waals surface area contributed by atoms with Crippen molar-refractivity contribution in [3.05, 3.63) is 58.1 Å². The minimum Gasteiger partial charge on any atom is -0.490 e. The van der Waals surface area contributed by atoms with Gasteiger partial charge in [0.2, 0.25) is 0 Å². The molecule has 6 nitrogen and oxygen atoms in total. The zero-order valence-electron chi connectivity index (χ0n) is 16.5. The van der Waals surface area contributed by atoms with E-state index in [0.29, 0.717) is 29.1 Å². The van der Waals surface area contributed by atoms with Gasteiger partial charge in [-0.1, -0.05) is 28.9 Å². The van der Waals surface area contributed by atoms with Crippen molar-refractivity contribution in [3.63, 3.8) is 0 Å². The molecule has 0 saturated heterocycles. The van der Waals surface area contributed by atoms with Gasteiger partial charge in [-0.2, -0.15) is 0 Å². The molecule has 0 aromatic heterocycles. The minimum atomic E-state index is -0.392. The number of amides is 2. The third kappa shape index (κ3) is 7.14. The predicted molar refractivity (Wildman–Crippen MR) is 123 cm³/mol. The molecule has 0 radical (unpaired) electrons. The summed E-state index contributed by atoms with van der Waals surface area (Å²) in [6.45, 7) is 6.37. The molecule has 154 valence electrons. The maximum atomic E-state index is 12.7. The van der Waals surface area contributed by atoms with Crippen molar-refractivity contribution < 1.29 is 14.3 Å². The standard InChI is InChI=1S/C21H24BrN3O3S/c1-4-10-23-19(26)14-6-5-7-16(11-14)24-21(29)25-20(27)17-12-15(22)8-9-18(17)28-13(2)3/h5-9,11-13H,4,10H2,1-3H3,(H,23,26)(H2,24,25,27,29). The summed E-state index contributed by atoms with van der Waals surface area (Å²) >= 11 is 8.63. The van der Waals surface area contributed by atoms with Gasteiger partial charge in [0.25, 0.3) is 11.8 Å². The number of carbonyl (C=O) groups is 2. The Morgan fingerprint density at radius 3 is 2.59 bits per heavy atom. The second kappa shape index (κ2) is 10.9. The van der Waals surface area contributed by atoms with Crippen LogP contribution in [0, 0.1) is 0 Å². The highest BCUT2D eigenvalue weighted by Crippen LogP contribution is 2.24. The fourth-order valence-electron chi connectivity index (χ4n) is 2.45. The molecular formula is C21H24BrN3O3S. The second-order valence-corrected chi connectivity index (χ2v) is 7.88. The van der Waals surface area contributed by atoms with Crippen molar-refractivity contribution in [2.75, 3.05) is 11.9 Å². The Labute approximate surface area is 184 Å². The Balaban J connectivity index is 2.07. The number of hydrogen-bond donors (Lipinski definition) is 3. The summed E-state index contributed by atoms with van der Waals surface area (Å²) in [6, 6.07) is 12.1. The lowest BCUT2D eigenvalue weighted by molar-refractivity contribution is 0.0950. The average Bonchev–Trinajstić information content (AvgIpc) is 2.67. The quantitative estimate of drug-likeness (QED) is 0.511. The SMILES string of the molecule is CCCNC(=O)c1cccc(NC(=S)NC(=O)c2cc(Br)ccc2OC(C)C)c1. The first-order valence-electron chi connectivity index (χ1n) is 9.27. The molecule has 2 aromatic carbocycles. The van der Waals surface area contributed by atoms with Gasteiger partial charge in [0.1, 0.15) is 5.75 Å². The lowest BCUT2D eigenvalue weighted by Gasteiger charge is -2.15. The molecule has 3 N–H and O–H groups in total. The highest BCUT2D eigenvalue weighted by atomic mass is 79.9. The highest BCUT2D eigenvalue weighted by Gasteiger charge is 2.16. The number of thiocarbonyl (C=S) groups is 1. The first-order chi connectivity index (χ1) is 13.8. The van der Waals surface area contributed by atoms with Gasteiger partial charge in [-0.3, -0.25) is 14.9 Å². The normalized spacial score (nSPS) is 10.4. The zero-order chi connectivity index (χ0) is 21.4. The smallest absolute Gasteiger partial charge is 0.261 e. The van der Waals surface area contributed by atoms with Crippen molar-refractivity contribution in [1.29, 1.82) is 0 Å². The van der Waals surface area contributed by atoms with Crippen LogP contribution in [-0.4, -0.2) is 29.6 Å². The van der Waals surface area contributed by atoms with Crippen molar-refractivity contribution in [1.82, 2.24) is 10.6 Å². The van der Waals surface area contributed by atoms with Gasteiger partial charge >= 0.3 is 0 Å². The van der Waals surface area contributed by atoms with Crippen molar-refractivity contribution >= 4 is 50.8 Å². The van der Waals surface area contributed by atoms with Crippen LogP contribution >= 0.6 is 28.1 Å². The predicted octanol–water partition coefficient (Wildman–Crippen LogP) is 4.50. The highest BCUT2D eigenvalue weighted by molar-refractivity contribution is 9.10. The number of anilines is 1. The third-order valence-corrected chi connectivity index (χ3v) is 4.39. The Morgan fingerprint density at radius 1 is 1.14 bits per heavy atom. The second-order valence-electron chi connectivity index (χ2n) is 6.55. The van der Waals surface area contributed by atoms with Crippen molar-refractivity contribution in [2.45, 2.75) is 33.3 Å². The van der Waals surface area contributed by atoms with Crippen LogP contribution in [0.25, 0.3) is 0 Å². The van der Waals surface area contributed by atoms with E-state index in [1.54, 1.807) is 42.5 Å². The molecule has 0 saturated carbocycles. The molecule has 0 bridgehead atoms. The molecule has 0 unspecified atom stereocenters. The molecule has 0 fully saturated rings. The van der Waals surface area contributed by atoms with Gasteiger partial charge in [-0.25, -0.2) is 0 Å². The summed E-state index contributed by atoms with van der Waals surface area (Å²) < 4.78 is 6.46. The molecule has 8 heteroatoms. The largest absolute Gasteiger partial charge is 0.490 e. The molecule has 2 amide bonds. The first kappa shape index (κ1) is 22.8. The summed E-state index contributed by atoms with van der Waals surface area (Å²) in [5, 5.41) is 8.53. The fourth-order valence-corrected chi connectivity index (χ4v) is 3.02. The summed E-state index contributed by atoms with van der Waals surface area (Å²) in [5.41, 5.74) is 1.48. The Kier molecular flexibility index (Phi) is 8.60. The van der Waals surface area contributed by atoms with E-state index in [1.807, 2.05) is 20.8 Å². The molecule has 0 atom stereocenters. The van der Waals surface area contributed by atoms with E-state index in [1.165, 1.54) is 0 Å². The maximum absolute atomic E-state index is 12.7. The lowest BCUT2D eigenvalue weighted by Crippen LogP contribution is -2.34. The summed E-state index contributed by atoms with van der Waals surface area (Å²) in [6.07, 6.45) is 0.784. The molecular weight excluding hydrogens is 454 g/mol. The monoisotopic (exact) mass is 477 g/mol. The number of hydrogen-bond acceptors (Lipinski definition) is 4. The van der Waals surface area contributed by atoms with Crippen molar-refractivity contribution in [2.24, 2.45) is 0 Å². The number of ether oxygens (including phenoxy) is 1. The molecule has 2 aromatic rings. The van der Waals surface area contributed by atoms with E-state index in [0.717, 1.165) is 10.9 Å². The Hall–Kier alpha value is -2.45. The van der Waals surface area contributed by atoms with E-state index in [-0.39, 0.29) is 17.1 Å². The van der Waals surface area contributed by atoms with Gasteiger partial charge in [0, 0.05) is 22.3 Å². The summed E-state index contributed by atoms with van der Waals surface area (Å²) in [5.74, 6) is -0.0792. The molecule has 0 aliphatic rings. The van der Waals surface area contributed by atoms with E-state index in [2.05, 4.69) is 31.9 Å². The van der Waals surface area contributed by atoms with Crippen LogP contribution in [0.1, 0.15) is 47.9 Å². The van der Waals surface area contributed by atoms with Crippen LogP contribution in [0.15, 0.2) is 46.9 Å². The van der Waals surface area contributed by atoms with Crippen molar-refractivity contribution in [3.8, 4) is 5.75 Å². The van der Waals surface area contributed by atoms with Crippen LogP contribution < -0.4 is 20.7 Å². The topological polar surface area (TPSA) is 79.5 Å². The number of benzene rings is 2. The molecule has 0 spiro atoms. The molecule has 0 aliphatic carbocycles. The van der Waals surface area contributed by atoms with E-state index >= 15 is 0 Å². The number of rotatable bonds is 7. The third-order valence-electron chi connectivity index (χ3n) is 3.69. The molecule has 0 aliphatic heterocycles. The molecule has 0 heterocycles. The van der Waals surface area contributed by atoms with Crippen LogP contribution in [0.3, 0.4) is 0 Å². The van der Waals surface area contributed by atoms with Crippen LogP contribution in [0.4, 0.5) is 5.69 Å². The lowest BCUT2D eigenvalue weighted by atomic mass is 10.2. The number of halogens is 1. The maximum Gasteiger partial charge on any atom is 0.261 e.